The molecule has 6 heteroatoms. The number of rotatable bonds is 6. The van der Waals surface area contributed by atoms with Crippen molar-refractivity contribution in [3.05, 3.63) is 29.6 Å². The molecule has 0 aliphatic rings. The molecule has 0 unspecified atom stereocenters. The molecule has 1 aromatic rings. The first-order valence-electron chi connectivity index (χ1n) is 5.49. The maximum Gasteiger partial charge on any atom is 0.326 e. The van der Waals surface area contributed by atoms with E-state index in [2.05, 4.69) is 10.3 Å². The lowest BCUT2D eigenvalue weighted by molar-refractivity contribution is -0.139. The summed E-state index contributed by atoms with van der Waals surface area (Å²) in [5.74, 6) is -0.695. The molecule has 2 N–H and O–H groups in total. The van der Waals surface area contributed by atoms with Crippen LogP contribution in [0.25, 0.3) is 0 Å². The predicted molar refractivity (Wildman–Crippen MR) is 70.9 cm³/mol. The molecule has 0 saturated heterocycles. The highest BCUT2D eigenvalue weighted by Crippen LogP contribution is 2.07. The number of carboxylic acid groups (broad SMARTS) is 1. The van der Waals surface area contributed by atoms with Crippen LogP contribution in [0.3, 0.4) is 0 Å². The molecule has 0 spiro atoms. The summed E-state index contributed by atoms with van der Waals surface area (Å²) >= 11 is 1.55. The van der Waals surface area contributed by atoms with Gasteiger partial charge in [-0.3, -0.25) is 9.78 Å². The van der Waals surface area contributed by atoms with Gasteiger partial charge in [0.15, 0.2) is 0 Å². The van der Waals surface area contributed by atoms with E-state index < -0.39 is 12.0 Å². The fourth-order valence-corrected chi connectivity index (χ4v) is 1.93. The van der Waals surface area contributed by atoms with E-state index in [0.717, 1.165) is 5.56 Å². The normalized spacial score (nSPS) is 11.9. The molecule has 1 aromatic heterocycles. The van der Waals surface area contributed by atoms with E-state index in [1.54, 1.807) is 30.9 Å². The number of amides is 1. The Hall–Kier alpha value is -1.56. The number of aliphatic carboxylic acids is 1. The van der Waals surface area contributed by atoms with Crippen LogP contribution in [0.1, 0.15) is 22.3 Å². The number of aryl methyl sites for hydroxylation is 1. The van der Waals surface area contributed by atoms with Crippen molar-refractivity contribution in [2.45, 2.75) is 19.4 Å². The van der Waals surface area contributed by atoms with E-state index in [9.17, 15) is 9.59 Å². The van der Waals surface area contributed by atoms with E-state index in [1.807, 2.05) is 6.26 Å². The largest absolute Gasteiger partial charge is 0.480 e. The molecular weight excluding hydrogens is 252 g/mol. The highest BCUT2D eigenvalue weighted by molar-refractivity contribution is 7.98. The summed E-state index contributed by atoms with van der Waals surface area (Å²) in [7, 11) is 0. The van der Waals surface area contributed by atoms with Crippen LogP contribution in [0, 0.1) is 6.92 Å². The summed E-state index contributed by atoms with van der Waals surface area (Å²) in [4.78, 5) is 26.8. The molecule has 0 bridgehead atoms. The summed E-state index contributed by atoms with van der Waals surface area (Å²) in [5.41, 5.74) is 1.18. The third-order valence-corrected chi connectivity index (χ3v) is 3.12. The van der Waals surface area contributed by atoms with Gasteiger partial charge in [0.25, 0.3) is 5.91 Å². The van der Waals surface area contributed by atoms with Crippen molar-refractivity contribution >= 4 is 23.6 Å². The van der Waals surface area contributed by atoms with Gasteiger partial charge in [0.2, 0.25) is 0 Å². The molecule has 18 heavy (non-hydrogen) atoms. The van der Waals surface area contributed by atoms with Gasteiger partial charge in [-0.1, -0.05) is 0 Å². The van der Waals surface area contributed by atoms with Crippen LogP contribution in [0.5, 0.6) is 0 Å². The standard InChI is InChI=1S/C12H16N2O3S/c1-8-7-13-5-3-9(8)11(15)14-10(12(16)17)4-6-18-2/h3,5,7,10H,4,6H2,1-2H3,(H,14,15)(H,16,17)/t10-/m1/s1. The summed E-state index contributed by atoms with van der Waals surface area (Å²) in [5, 5.41) is 11.6. The van der Waals surface area contributed by atoms with Crippen LogP contribution in [0.2, 0.25) is 0 Å². The highest BCUT2D eigenvalue weighted by Gasteiger charge is 2.20. The van der Waals surface area contributed by atoms with E-state index in [1.165, 1.54) is 6.20 Å². The number of carboxylic acids is 1. The van der Waals surface area contributed by atoms with Crippen LogP contribution in [-0.2, 0) is 4.79 Å². The molecule has 0 radical (unpaired) electrons. The van der Waals surface area contributed by atoms with Crippen molar-refractivity contribution in [1.29, 1.82) is 0 Å². The molecule has 1 amide bonds. The molecule has 0 aliphatic heterocycles. The van der Waals surface area contributed by atoms with Crippen LogP contribution in [-0.4, -0.2) is 40.0 Å². The molecule has 5 nitrogen and oxygen atoms in total. The van der Waals surface area contributed by atoms with Crippen molar-refractivity contribution in [1.82, 2.24) is 10.3 Å². The third-order valence-electron chi connectivity index (χ3n) is 2.48. The number of hydrogen-bond donors (Lipinski definition) is 2. The maximum atomic E-state index is 11.9. The van der Waals surface area contributed by atoms with Crippen LogP contribution >= 0.6 is 11.8 Å². The smallest absolute Gasteiger partial charge is 0.326 e. The SMILES string of the molecule is CSCC[C@@H](NC(=O)c1ccncc1C)C(=O)O. The van der Waals surface area contributed by atoms with Crippen LogP contribution in [0.4, 0.5) is 0 Å². The Kier molecular flexibility index (Phi) is 5.64. The van der Waals surface area contributed by atoms with Gasteiger partial charge < -0.3 is 10.4 Å². The number of nitrogens with one attached hydrogen (secondary N) is 1. The maximum absolute atomic E-state index is 11.9. The van der Waals surface area contributed by atoms with Gasteiger partial charge in [-0.25, -0.2) is 4.79 Å². The quantitative estimate of drug-likeness (QED) is 0.813. The third kappa shape index (κ3) is 4.03. The van der Waals surface area contributed by atoms with Gasteiger partial charge in [-0.05, 0) is 37.0 Å². The van der Waals surface area contributed by atoms with Crippen molar-refractivity contribution < 1.29 is 14.7 Å². The average molecular weight is 268 g/mol. The molecule has 0 fully saturated rings. The minimum atomic E-state index is -1.01. The van der Waals surface area contributed by atoms with Crippen molar-refractivity contribution in [3.8, 4) is 0 Å². The molecule has 1 heterocycles. The second-order valence-electron chi connectivity index (χ2n) is 3.84. The summed E-state index contributed by atoms with van der Waals surface area (Å²) in [6.45, 7) is 1.76. The van der Waals surface area contributed by atoms with E-state index in [0.29, 0.717) is 17.7 Å². The molecule has 0 saturated carbocycles. The zero-order valence-electron chi connectivity index (χ0n) is 10.3. The van der Waals surface area contributed by atoms with Gasteiger partial charge in [0.05, 0.1) is 0 Å². The first kappa shape index (κ1) is 14.5. The molecule has 98 valence electrons. The lowest BCUT2D eigenvalue weighted by Crippen LogP contribution is -2.41. The minimum Gasteiger partial charge on any atom is -0.480 e. The van der Waals surface area contributed by atoms with E-state index in [-0.39, 0.29) is 5.91 Å². The number of carbonyl (C=O) groups excluding carboxylic acids is 1. The predicted octanol–water partition coefficient (Wildman–Crippen LogP) is 1.33. The zero-order valence-corrected chi connectivity index (χ0v) is 11.2. The van der Waals surface area contributed by atoms with Gasteiger partial charge in [-0.2, -0.15) is 11.8 Å². The number of pyridine rings is 1. The molecular formula is C12H16N2O3S. The van der Waals surface area contributed by atoms with E-state index in [4.69, 9.17) is 5.11 Å². The van der Waals surface area contributed by atoms with Gasteiger partial charge in [0.1, 0.15) is 6.04 Å². The zero-order chi connectivity index (χ0) is 13.5. The topological polar surface area (TPSA) is 79.3 Å². The Balaban J connectivity index is 2.72. The van der Waals surface area contributed by atoms with Gasteiger partial charge >= 0.3 is 5.97 Å². The highest BCUT2D eigenvalue weighted by atomic mass is 32.2. The monoisotopic (exact) mass is 268 g/mol. The van der Waals surface area contributed by atoms with Gasteiger partial charge in [-0.15, -0.1) is 0 Å². The molecule has 0 aliphatic carbocycles. The fraction of sp³-hybridized carbons (Fsp3) is 0.417. The minimum absolute atomic E-state index is 0.372. The number of thioether (sulfide) groups is 1. The number of carbonyl (C=O) groups is 2. The Morgan fingerprint density at radius 3 is 2.83 bits per heavy atom. The number of aromatic nitrogens is 1. The van der Waals surface area contributed by atoms with Crippen molar-refractivity contribution in [2.75, 3.05) is 12.0 Å². The summed E-state index contributed by atoms with van der Waals surface area (Å²) in [6, 6.07) is 0.732. The molecule has 0 aromatic carbocycles. The Bertz CT molecular complexity index is 437. The number of nitrogens with zero attached hydrogens (tertiary/aromatic N) is 1. The first-order chi connectivity index (χ1) is 8.56. The summed E-state index contributed by atoms with van der Waals surface area (Å²) in [6.07, 6.45) is 5.40. The lowest BCUT2D eigenvalue weighted by atomic mass is 10.1. The second-order valence-corrected chi connectivity index (χ2v) is 4.82. The second kappa shape index (κ2) is 7.00. The molecule has 1 atom stereocenters. The first-order valence-corrected chi connectivity index (χ1v) is 6.89. The fourth-order valence-electron chi connectivity index (χ4n) is 1.46. The van der Waals surface area contributed by atoms with Crippen molar-refractivity contribution in [2.24, 2.45) is 0 Å². The van der Waals surface area contributed by atoms with Crippen LogP contribution in [0.15, 0.2) is 18.5 Å². The Morgan fingerprint density at radius 1 is 1.56 bits per heavy atom. The Labute approximate surface area is 110 Å². The lowest BCUT2D eigenvalue weighted by Gasteiger charge is -2.14. The van der Waals surface area contributed by atoms with Crippen molar-refractivity contribution in [3.63, 3.8) is 0 Å². The summed E-state index contributed by atoms with van der Waals surface area (Å²) < 4.78 is 0. The van der Waals surface area contributed by atoms with Crippen LogP contribution < -0.4 is 5.32 Å². The average Bonchev–Trinajstić information content (AvgIpc) is 2.34. The molecule has 1 rings (SSSR count). The van der Waals surface area contributed by atoms with Gasteiger partial charge in [0, 0.05) is 18.0 Å². The van der Waals surface area contributed by atoms with E-state index >= 15 is 0 Å². The number of hydrogen-bond acceptors (Lipinski definition) is 4. The Morgan fingerprint density at radius 2 is 2.28 bits per heavy atom.